The quantitative estimate of drug-likeness (QED) is 0.831. The fraction of sp³-hybridized carbons (Fsp3) is 0.133. The molecule has 21 heavy (non-hydrogen) atoms. The number of benzene rings is 2. The molecule has 2 rings (SSSR count). The van der Waals surface area contributed by atoms with Gasteiger partial charge in [0.05, 0.1) is 11.4 Å². The highest BCUT2D eigenvalue weighted by Crippen LogP contribution is 2.18. The van der Waals surface area contributed by atoms with Crippen LogP contribution >= 0.6 is 27.7 Å². The Morgan fingerprint density at radius 2 is 2.00 bits per heavy atom. The lowest BCUT2D eigenvalue weighted by atomic mass is 10.2. The fourth-order valence-electron chi connectivity index (χ4n) is 1.67. The number of nitrogens with one attached hydrogen (secondary N) is 1. The minimum Gasteiger partial charge on any atom is -0.323 e. The maximum atomic E-state index is 13.4. The summed E-state index contributed by atoms with van der Waals surface area (Å²) in [5, 5.41) is 2.36. The Balaban J connectivity index is 1.84. The van der Waals surface area contributed by atoms with Crippen LogP contribution in [0.25, 0.3) is 0 Å². The molecule has 0 aliphatic rings. The van der Waals surface area contributed by atoms with Crippen LogP contribution in [0.4, 0.5) is 14.5 Å². The highest BCUT2D eigenvalue weighted by Gasteiger charge is 2.08. The molecule has 0 aliphatic heterocycles. The monoisotopic (exact) mass is 371 g/mol. The Morgan fingerprint density at radius 3 is 2.76 bits per heavy atom. The molecular formula is C15H12BrF2NOS. The van der Waals surface area contributed by atoms with Gasteiger partial charge in [-0.05, 0) is 29.8 Å². The van der Waals surface area contributed by atoms with Gasteiger partial charge in [-0.2, -0.15) is 0 Å². The molecule has 110 valence electrons. The number of carbonyl (C=O) groups excluding carboxylic acids is 1. The molecule has 1 amide bonds. The molecular weight excluding hydrogens is 360 g/mol. The van der Waals surface area contributed by atoms with E-state index in [1.807, 2.05) is 24.3 Å². The van der Waals surface area contributed by atoms with Crippen molar-refractivity contribution in [1.82, 2.24) is 0 Å². The van der Waals surface area contributed by atoms with Gasteiger partial charge in [-0.25, -0.2) is 8.78 Å². The first-order valence-corrected chi connectivity index (χ1v) is 8.06. The summed E-state index contributed by atoms with van der Waals surface area (Å²) in [7, 11) is 0. The Bertz CT molecular complexity index is 651. The molecule has 0 spiro atoms. The van der Waals surface area contributed by atoms with Gasteiger partial charge in [0.2, 0.25) is 5.91 Å². The van der Waals surface area contributed by atoms with Crippen molar-refractivity contribution >= 4 is 39.3 Å². The van der Waals surface area contributed by atoms with Gasteiger partial charge in [0.25, 0.3) is 0 Å². The summed E-state index contributed by atoms with van der Waals surface area (Å²) in [4.78, 5) is 11.7. The van der Waals surface area contributed by atoms with Crippen molar-refractivity contribution in [2.24, 2.45) is 0 Å². The van der Waals surface area contributed by atoms with Gasteiger partial charge in [-0.1, -0.05) is 28.1 Å². The topological polar surface area (TPSA) is 29.1 Å². The molecule has 0 unspecified atom stereocenters. The molecule has 2 nitrogen and oxygen atoms in total. The maximum absolute atomic E-state index is 13.4. The number of rotatable bonds is 5. The average molecular weight is 372 g/mol. The van der Waals surface area contributed by atoms with Crippen LogP contribution in [-0.2, 0) is 10.5 Å². The predicted molar refractivity (Wildman–Crippen MR) is 85.3 cm³/mol. The van der Waals surface area contributed by atoms with Gasteiger partial charge in [0, 0.05) is 16.3 Å². The van der Waals surface area contributed by atoms with E-state index in [1.165, 1.54) is 11.8 Å². The van der Waals surface area contributed by atoms with Gasteiger partial charge in [0.15, 0.2) is 0 Å². The van der Waals surface area contributed by atoms with Crippen LogP contribution in [-0.4, -0.2) is 11.7 Å². The lowest BCUT2D eigenvalue weighted by Crippen LogP contribution is -2.15. The highest BCUT2D eigenvalue weighted by atomic mass is 79.9. The summed E-state index contributed by atoms with van der Waals surface area (Å²) < 4.78 is 27.3. The first-order valence-electron chi connectivity index (χ1n) is 6.11. The van der Waals surface area contributed by atoms with Crippen molar-refractivity contribution in [1.29, 1.82) is 0 Å². The van der Waals surface area contributed by atoms with Crippen LogP contribution in [0, 0.1) is 11.6 Å². The fourth-order valence-corrected chi connectivity index (χ4v) is 2.89. The highest BCUT2D eigenvalue weighted by molar-refractivity contribution is 9.10. The van der Waals surface area contributed by atoms with Crippen molar-refractivity contribution < 1.29 is 13.6 Å². The van der Waals surface area contributed by atoms with Crippen LogP contribution < -0.4 is 5.32 Å². The predicted octanol–water partition coefficient (Wildman–Crippen LogP) is 4.60. The summed E-state index contributed by atoms with van der Waals surface area (Å²) >= 11 is 4.78. The second-order valence-corrected chi connectivity index (χ2v) is 6.20. The third kappa shape index (κ3) is 5.13. The third-order valence-corrected chi connectivity index (χ3v) is 4.09. The lowest BCUT2D eigenvalue weighted by molar-refractivity contribution is -0.113. The lowest BCUT2D eigenvalue weighted by Gasteiger charge is -2.06. The van der Waals surface area contributed by atoms with Crippen molar-refractivity contribution in [3.63, 3.8) is 0 Å². The van der Waals surface area contributed by atoms with Crippen LogP contribution in [0.5, 0.6) is 0 Å². The first kappa shape index (κ1) is 16.0. The number of halogens is 3. The second kappa shape index (κ2) is 7.56. The molecule has 0 aliphatic carbocycles. The molecule has 0 bridgehead atoms. The van der Waals surface area contributed by atoms with Crippen molar-refractivity contribution in [3.8, 4) is 0 Å². The van der Waals surface area contributed by atoms with Gasteiger partial charge < -0.3 is 5.32 Å². The standard InChI is InChI=1S/C15H12BrF2NOS/c16-11-3-1-2-10(6-11)8-21-9-15(20)19-14-7-12(17)4-5-13(14)18/h1-7H,8-9H2,(H,19,20). The zero-order valence-corrected chi connectivity index (χ0v) is 13.3. The van der Waals surface area contributed by atoms with Crippen LogP contribution in [0.1, 0.15) is 5.56 Å². The van der Waals surface area contributed by atoms with Crippen molar-refractivity contribution in [2.75, 3.05) is 11.1 Å². The minimum absolute atomic E-state index is 0.136. The van der Waals surface area contributed by atoms with Crippen LogP contribution in [0.2, 0.25) is 0 Å². The van der Waals surface area contributed by atoms with Gasteiger partial charge >= 0.3 is 0 Å². The van der Waals surface area contributed by atoms with Gasteiger partial charge in [0.1, 0.15) is 11.6 Å². The Kier molecular flexibility index (Phi) is 5.76. The minimum atomic E-state index is -0.651. The smallest absolute Gasteiger partial charge is 0.234 e. The summed E-state index contributed by atoms with van der Waals surface area (Å²) in [5.41, 5.74) is 0.946. The van der Waals surface area contributed by atoms with Crippen molar-refractivity contribution in [3.05, 3.63) is 64.1 Å². The van der Waals surface area contributed by atoms with E-state index in [0.717, 1.165) is 28.2 Å². The van der Waals surface area contributed by atoms with E-state index < -0.39 is 11.6 Å². The van der Waals surface area contributed by atoms with Crippen molar-refractivity contribution in [2.45, 2.75) is 5.75 Å². The van der Waals surface area contributed by atoms with E-state index in [9.17, 15) is 13.6 Å². The normalized spacial score (nSPS) is 10.4. The summed E-state index contributed by atoms with van der Waals surface area (Å²) in [6, 6.07) is 10.7. The SMILES string of the molecule is O=C(CSCc1cccc(Br)c1)Nc1cc(F)ccc1F. The Hall–Kier alpha value is -1.40. The number of carbonyl (C=O) groups is 1. The summed E-state index contributed by atoms with van der Waals surface area (Å²) in [5.74, 6) is -0.768. The van der Waals surface area contributed by atoms with E-state index in [0.29, 0.717) is 5.75 Å². The third-order valence-electron chi connectivity index (χ3n) is 2.59. The largest absolute Gasteiger partial charge is 0.323 e. The number of hydrogen-bond donors (Lipinski definition) is 1. The van der Waals surface area contributed by atoms with Gasteiger partial charge in [-0.15, -0.1) is 11.8 Å². The number of anilines is 1. The van der Waals surface area contributed by atoms with Crippen LogP contribution in [0.15, 0.2) is 46.9 Å². The summed E-state index contributed by atoms with van der Waals surface area (Å²) in [6.45, 7) is 0. The molecule has 2 aromatic rings. The maximum Gasteiger partial charge on any atom is 0.234 e. The van der Waals surface area contributed by atoms with Crippen LogP contribution in [0.3, 0.4) is 0 Å². The molecule has 0 saturated heterocycles. The van der Waals surface area contributed by atoms with E-state index in [1.54, 1.807) is 0 Å². The van der Waals surface area contributed by atoms with E-state index in [-0.39, 0.29) is 17.3 Å². The van der Waals surface area contributed by atoms with E-state index >= 15 is 0 Å². The molecule has 2 aromatic carbocycles. The summed E-state index contributed by atoms with van der Waals surface area (Å²) in [6.07, 6.45) is 0. The molecule has 0 saturated carbocycles. The molecule has 6 heteroatoms. The average Bonchev–Trinajstić information content (AvgIpc) is 2.43. The zero-order chi connectivity index (χ0) is 15.2. The Labute approximate surface area is 134 Å². The first-order chi connectivity index (χ1) is 10.0. The molecule has 1 N–H and O–H groups in total. The number of hydrogen-bond acceptors (Lipinski definition) is 2. The Morgan fingerprint density at radius 1 is 1.19 bits per heavy atom. The van der Waals surface area contributed by atoms with E-state index in [2.05, 4.69) is 21.2 Å². The molecule has 0 atom stereocenters. The number of thioether (sulfide) groups is 1. The molecule has 0 fully saturated rings. The number of amides is 1. The van der Waals surface area contributed by atoms with E-state index in [4.69, 9.17) is 0 Å². The molecule has 0 radical (unpaired) electrons. The zero-order valence-electron chi connectivity index (χ0n) is 10.9. The van der Waals surface area contributed by atoms with Gasteiger partial charge in [-0.3, -0.25) is 4.79 Å². The molecule has 0 heterocycles. The second-order valence-electron chi connectivity index (χ2n) is 4.30. The molecule has 0 aromatic heterocycles.